The standard InChI is InChI=1S/C11H21N3O2/c1-12-11(7-10(15)13-16)5-8-3-4-9(6-11)14(8)2/h8-9,12,16H,3-7H2,1-2H3,(H,13,15)/t8-,9+,11?. The molecule has 5 nitrogen and oxygen atoms in total. The molecule has 2 bridgehead atoms. The number of fused-ring (bicyclic) bond motifs is 2. The summed E-state index contributed by atoms with van der Waals surface area (Å²) in [4.78, 5) is 13.8. The molecular formula is C11H21N3O2. The third-order valence-electron chi connectivity index (χ3n) is 4.39. The molecule has 2 aliphatic rings. The fraction of sp³-hybridized carbons (Fsp3) is 0.909. The highest BCUT2D eigenvalue weighted by atomic mass is 16.5. The van der Waals surface area contributed by atoms with Crippen molar-refractivity contribution in [2.75, 3.05) is 14.1 Å². The number of rotatable bonds is 3. The summed E-state index contributed by atoms with van der Waals surface area (Å²) >= 11 is 0. The molecule has 0 aliphatic carbocycles. The highest BCUT2D eigenvalue weighted by Crippen LogP contribution is 2.41. The van der Waals surface area contributed by atoms with Gasteiger partial charge in [-0.2, -0.15) is 0 Å². The lowest BCUT2D eigenvalue weighted by Crippen LogP contribution is -2.57. The number of hydrogen-bond donors (Lipinski definition) is 3. The first-order valence-electron chi connectivity index (χ1n) is 5.94. The lowest BCUT2D eigenvalue weighted by molar-refractivity contribution is -0.131. The van der Waals surface area contributed by atoms with E-state index in [-0.39, 0.29) is 11.4 Å². The Bertz CT molecular complexity index is 268. The highest BCUT2D eigenvalue weighted by Gasteiger charge is 2.46. The molecule has 0 aromatic carbocycles. The van der Waals surface area contributed by atoms with Crippen molar-refractivity contribution in [3.8, 4) is 0 Å². The molecule has 16 heavy (non-hydrogen) atoms. The maximum absolute atomic E-state index is 11.3. The van der Waals surface area contributed by atoms with E-state index in [4.69, 9.17) is 5.21 Å². The monoisotopic (exact) mass is 227 g/mol. The second kappa shape index (κ2) is 4.31. The summed E-state index contributed by atoms with van der Waals surface area (Å²) < 4.78 is 0. The summed E-state index contributed by atoms with van der Waals surface area (Å²) in [6.07, 6.45) is 4.80. The predicted octanol–water partition coefficient (Wildman–Crippen LogP) is 0.0967. The van der Waals surface area contributed by atoms with Gasteiger partial charge in [0.25, 0.3) is 0 Å². The van der Waals surface area contributed by atoms with Crippen molar-refractivity contribution in [2.45, 2.75) is 49.7 Å². The maximum Gasteiger partial charge on any atom is 0.245 e. The van der Waals surface area contributed by atoms with Gasteiger partial charge in [0.05, 0.1) is 0 Å². The van der Waals surface area contributed by atoms with E-state index in [1.165, 1.54) is 12.8 Å². The third kappa shape index (κ3) is 1.95. The first-order chi connectivity index (χ1) is 7.60. The van der Waals surface area contributed by atoms with Crippen molar-refractivity contribution in [3.05, 3.63) is 0 Å². The van der Waals surface area contributed by atoms with Crippen LogP contribution in [-0.4, -0.2) is 47.7 Å². The van der Waals surface area contributed by atoms with Crippen molar-refractivity contribution in [3.63, 3.8) is 0 Å². The molecule has 92 valence electrons. The molecule has 1 unspecified atom stereocenters. The van der Waals surface area contributed by atoms with Gasteiger partial charge in [0, 0.05) is 24.0 Å². The van der Waals surface area contributed by atoms with Crippen molar-refractivity contribution in [1.29, 1.82) is 0 Å². The van der Waals surface area contributed by atoms with Crippen LogP contribution < -0.4 is 10.8 Å². The van der Waals surface area contributed by atoms with Crippen LogP contribution in [0, 0.1) is 0 Å². The minimum absolute atomic E-state index is 0.134. The van der Waals surface area contributed by atoms with Gasteiger partial charge in [0.2, 0.25) is 5.91 Å². The number of nitrogens with one attached hydrogen (secondary N) is 2. The average Bonchev–Trinajstić information content (AvgIpc) is 2.54. The fourth-order valence-corrected chi connectivity index (χ4v) is 3.35. The Labute approximate surface area is 96.1 Å². The predicted molar refractivity (Wildman–Crippen MR) is 60.1 cm³/mol. The second-order valence-corrected chi connectivity index (χ2v) is 5.20. The van der Waals surface area contributed by atoms with Crippen molar-refractivity contribution < 1.29 is 10.0 Å². The molecule has 2 fully saturated rings. The van der Waals surface area contributed by atoms with Gasteiger partial charge in [-0.25, -0.2) is 5.48 Å². The number of carbonyl (C=O) groups excluding carboxylic acids is 1. The van der Waals surface area contributed by atoms with Crippen LogP contribution in [-0.2, 0) is 4.79 Å². The minimum atomic E-state index is -0.293. The molecular weight excluding hydrogens is 206 g/mol. The number of hydroxylamine groups is 1. The summed E-state index contributed by atoms with van der Waals surface area (Å²) in [5.41, 5.74) is 1.61. The summed E-state index contributed by atoms with van der Waals surface area (Å²) in [6.45, 7) is 0. The van der Waals surface area contributed by atoms with Crippen LogP contribution in [0.1, 0.15) is 32.1 Å². The van der Waals surface area contributed by atoms with Gasteiger partial charge in [-0.3, -0.25) is 10.0 Å². The molecule has 0 saturated carbocycles. The Hall–Kier alpha value is -0.650. The van der Waals surface area contributed by atoms with E-state index in [1.54, 1.807) is 5.48 Å². The molecule has 0 aromatic rings. The zero-order valence-electron chi connectivity index (χ0n) is 9.99. The Balaban J connectivity index is 2.09. The summed E-state index contributed by atoms with van der Waals surface area (Å²) in [7, 11) is 4.09. The third-order valence-corrected chi connectivity index (χ3v) is 4.39. The normalized spacial score (nSPS) is 38.7. The number of carbonyl (C=O) groups is 1. The van der Waals surface area contributed by atoms with E-state index in [0.29, 0.717) is 18.5 Å². The fourth-order valence-electron chi connectivity index (χ4n) is 3.35. The largest absolute Gasteiger partial charge is 0.314 e. The number of hydrogen-bond acceptors (Lipinski definition) is 4. The van der Waals surface area contributed by atoms with Crippen LogP contribution in [0.5, 0.6) is 0 Å². The molecule has 3 atom stereocenters. The van der Waals surface area contributed by atoms with Crippen LogP contribution in [0.2, 0.25) is 0 Å². The van der Waals surface area contributed by atoms with Crippen molar-refractivity contribution >= 4 is 5.91 Å². The number of piperidine rings is 1. The first kappa shape index (κ1) is 11.8. The second-order valence-electron chi connectivity index (χ2n) is 5.20. The van der Waals surface area contributed by atoms with Crippen LogP contribution in [0.25, 0.3) is 0 Å². The Morgan fingerprint density at radius 3 is 2.44 bits per heavy atom. The van der Waals surface area contributed by atoms with E-state index >= 15 is 0 Å². The molecule has 2 aliphatic heterocycles. The van der Waals surface area contributed by atoms with E-state index in [9.17, 15) is 4.79 Å². The number of nitrogens with zero attached hydrogens (tertiary/aromatic N) is 1. The van der Waals surface area contributed by atoms with E-state index in [0.717, 1.165) is 12.8 Å². The maximum atomic E-state index is 11.3. The minimum Gasteiger partial charge on any atom is -0.314 e. The van der Waals surface area contributed by atoms with Gasteiger partial charge in [0.1, 0.15) is 0 Å². The first-order valence-corrected chi connectivity index (χ1v) is 5.94. The van der Waals surface area contributed by atoms with Gasteiger partial charge in [-0.1, -0.05) is 0 Å². The lowest BCUT2D eigenvalue weighted by atomic mass is 9.80. The van der Waals surface area contributed by atoms with Crippen molar-refractivity contribution in [1.82, 2.24) is 15.7 Å². The zero-order chi connectivity index (χ0) is 11.8. The highest BCUT2D eigenvalue weighted by molar-refractivity contribution is 5.76. The van der Waals surface area contributed by atoms with Gasteiger partial charge < -0.3 is 10.2 Å². The molecule has 0 aromatic heterocycles. The van der Waals surface area contributed by atoms with Gasteiger partial charge in [-0.05, 0) is 39.8 Å². The summed E-state index contributed by atoms with van der Waals surface area (Å²) in [5, 5.41) is 11.9. The van der Waals surface area contributed by atoms with E-state index in [1.807, 2.05) is 7.05 Å². The molecule has 2 heterocycles. The van der Waals surface area contributed by atoms with Crippen LogP contribution >= 0.6 is 0 Å². The Kier molecular flexibility index (Phi) is 3.19. The van der Waals surface area contributed by atoms with Gasteiger partial charge >= 0.3 is 0 Å². The van der Waals surface area contributed by atoms with E-state index < -0.39 is 0 Å². The van der Waals surface area contributed by atoms with Crippen molar-refractivity contribution in [2.24, 2.45) is 0 Å². The van der Waals surface area contributed by atoms with Crippen LogP contribution in [0.3, 0.4) is 0 Å². The lowest BCUT2D eigenvalue weighted by Gasteiger charge is -2.45. The smallest absolute Gasteiger partial charge is 0.245 e. The SMILES string of the molecule is CNC1(CC(=O)NO)C[C@H]2CC[C@@H](C1)N2C. The summed E-state index contributed by atoms with van der Waals surface area (Å²) in [6, 6.07) is 1.16. The Morgan fingerprint density at radius 2 is 2.00 bits per heavy atom. The van der Waals surface area contributed by atoms with Gasteiger partial charge in [0.15, 0.2) is 0 Å². The molecule has 5 heteroatoms. The number of amides is 1. The van der Waals surface area contributed by atoms with E-state index in [2.05, 4.69) is 17.3 Å². The molecule has 2 rings (SSSR count). The summed E-state index contributed by atoms with van der Waals surface area (Å²) in [5.74, 6) is -0.293. The molecule has 0 spiro atoms. The molecule has 2 saturated heterocycles. The van der Waals surface area contributed by atoms with Crippen LogP contribution in [0.15, 0.2) is 0 Å². The molecule has 1 amide bonds. The van der Waals surface area contributed by atoms with Crippen LogP contribution in [0.4, 0.5) is 0 Å². The topological polar surface area (TPSA) is 64.6 Å². The Morgan fingerprint density at radius 1 is 1.44 bits per heavy atom. The molecule has 3 N–H and O–H groups in total. The molecule has 0 radical (unpaired) electrons. The quantitative estimate of drug-likeness (QED) is 0.472. The average molecular weight is 227 g/mol. The van der Waals surface area contributed by atoms with Gasteiger partial charge in [-0.15, -0.1) is 0 Å². The zero-order valence-corrected chi connectivity index (χ0v) is 9.99.